The molecule has 0 radical (unpaired) electrons. The molecule has 0 spiro atoms. The summed E-state index contributed by atoms with van der Waals surface area (Å²) in [5, 5.41) is 0.982. The molecule has 134 valence electrons. The number of carbonyl (C=O) groups is 1. The molecule has 0 saturated carbocycles. The van der Waals surface area contributed by atoms with Crippen LogP contribution in [0.4, 0.5) is 0 Å². The molecule has 1 amide bonds. The molecule has 0 bridgehead atoms. The Kier molecular flexibility index (Phi) is 5.92. The Bertz CT molecular complexity index is 745. The molecule has 0 unspecified atom stereocenters. The van der Waals surface area contributed by atoms with E-state index in [0.717, 1.165) is 37.9 Å². The van der Waals surface area contributed by atoms with Crippen molar-refractivity contribution in [3.8, 4) is 5.75 Å². The molecular formula is C19H22Cl2N2O2. The molecule has 1 saturated heterocycles. The summed E-state index contributed by atoms with van der Waals surface area (Å²) in [6, 6.07) is 9.19. The first kappa shape index (κ1) is 18.2. The van der Waals surface area contributed by atoms with Crippen LogP contribution in [-0.4, -0.2) is 28.5 Å². The van der Waals surface area contributed by atoms with Crippen molar-refractivity contribution in [3.63, 3.8) is 0 Å². The molecule has 4 nitrogen and oxygen atoms in total. The number of carbonyl (C=O) groups excluding carboxylic acids is 1. The van der Waals surface area contributed by atoms with Gasteiger partial charge in [0.25, 0.3) is 5.91 Å². The number of ether oxygens (including phenoxy) is 1. The maximum atomic E-state index is 12.9. The van der Waals surface area contributed by atoms with Crippen LogP contribution in [0.25, 0.3) is 0 Å². The van der Waals surface area contributed by atoms with Crippen molar-refractivity contribution in [2.45, 2.75) is 31.7 Å². The third kappa shape index (κ3) is 4.31. The minimum absolute atomic E-state index is 0.0239. The van der Waals surface area contributed by atoms with E-state index in [-0.39, 0.29) is 18.6 Å². The van der Waals surface area contributed by atoms with Crippen molar-refractivity contribution in [1.29, 1.82) is 0 Å². The number of likely N-dealkylation sites (tertiary alicyclic amines) is 1. The van der Waals surface area contributed by atoms with Crippen molar-refractivity contribution >= 4 is 29.1 Å². The minimum Gasteiger partial charge on any atom is -0.482 e. The average molecular weight is 381 g/mol. The van der Waals surface area contributed by atoms with Crippen LogP contribution in [0.2, 0.25) is 10.0 Å². The molecule has 1 fully saturated rings. The number of rotatable bonds is 4. The zero-order valence-electron chi connectivity index (χ0n) is 14.3. The standard InChI is InChI=1S/C19H22Cl2N2O2/c1-22-10-5-7-16(22)17-6-3-2-4-11-23(17)19(24)13-25-18-12-14(20)8-9-15(18)21/h5,7-10,12,17H,2-4,6,11,13H2,1H3/t17-/m1/s1. The maximum absolute atomic E-state index is 12.9. The number of benzene rings is 1. The van der Waals surface area contributed by atoms with E-state index < -0.39 is 0 Å². The zero-order chi connectivity index (χ0) is 17.8. The van der Waals surface area contributed by atoms with Crippen LogP contribution in [0.15, 0.2) is 36.5 Å². The van der Waals surface area contributed by atoms with Crippen molar-refractivity contribution in [3.05, 3.63) is 52.3 Å². The smallest absolute Gasteiger partial charge is 0.261 e. The van der Waals surface area contributed by atoms with Gasteiger partial charge in [-0.15, -0.1) is 0 Å². The molecule has 1 aliphatic rings. The van der Waals surface area contributed by atoms with E-state index in [2.05, 4.69) is 10.6 Å². The van der Waals surface area contributed by atoms with Crippen LogP contribution in [-0.2, 0) is 11.8 Å². The van der Waals surface area contributed by atoms with Crippen molar-refractivity contribution < 1.29 is 9.53 Å². The highest BCUT2D eigenvalue weighted by molar-refractivity contribution is 6.34. The lowest BCUT2D eigenvalue weighted by Crippen LogP contribution is -2.38. The lowest BCUT2D eigenvalue weighted by Gasteiger charge is -2.30. The first-order valence-corrected chi connectivity index (χ1v) is 9.30. The van der Waals surface area contributed by atoms with Crippen LogP contribution in [0.1, 0.15) is 37.4 Å². The third-order valence-corrected chi connectivity index (χ3v) is 5.19. The summed E-state index contributed by atoms with van der Waals surface area (Å²) >= 11 is 12.1. The van der Waals surface area contributed by atoms with E-state index in [0.29, 0.717) is 15.8 Å². The summed E-state index contributed by atoms with van der Waals surface area (Å²) in [5.41, 5.74) is 1.16. The summed E-state index contributed by atoms with van der Waals surface area (Å²) in [5.74, 6) is 0.414. The van der Waals surface area contributed by atoms with E-state index >= 15 is 0 Å². The summed E-state index contributed by atoms with van der Waals surface area (Å²) in [6.07, 6.45) is 6.28. The highest BCUT2D eigenvalue weighted by Crippen LogP contribution is 2.31. The summed E-state index contributed by atoms with van der Waals surface area (Å²) in [4.78, 5) is 14.8. The number of hydrogen-bond acceptors (Lipinski definition) is 2. The van der Waals surface area contributed by atoms with E-state index in [9.17, 15) is 4.79 Å². The third-order valence-electron chi connectivity index (χ3n) is 4.64. The number of nitrogens with zero attached hydrogens (tertiary/aromatic N) is 2. The zero-order valence-corrected chi connectivity index (χ0v) is 15.8. The second-order valence-corrected chi connectivity index (χ2v) is 7.20. The molecule has 1 atom stereocenters. The molecule has 1 aromatic carbocycles. The Labute approximate surface area is 158 Å². The van der Waals surface area contributed by atoms with Gasteiger partial charge in [0.15, 0.2) is 6.61 Å². The largest absolute Gasteiger partial charge is 0.482 e. The van der Waals surface area contributed by atoms with Crippen molar-refractivity contribution in [2.24, 2.45) is 7.05 Å². The van der Waals surface area contributed by atoms with Gasteiger partial charge < -0.3 is 14.2 Å². The number of hydrogen-bond donors (Lipinski definition) is 0. The SMILES string of the molecule is Cn1cccc1[C@H]1CCCCCN1C(=O)COc1cc(Cl)ccc1Cl. The Morgan fingerprint density at radius 2 is 2.08 bits per heavy atom. The van der Waals surface area contributed by atoms with Crippen LogP contribution < -0.4 is 4.74 Å². The van der Waals surface area contributed by atoms with Gasteiger partial charge in [0.1, 0.15) is 5.75 Å². The number of amides is 1. The molecule has 2 aromatic rings. The van der Waals surface area contributed by atoms with Gasteiger partial charge in [-0.2, -0.15) is 0 Å². The molecule has 2 heterocycles. The lowest BCUT2D eigenvalue weighted by molar-refractivity contribution is -0.136. The topological polar surface area (TPSA) is 34.5 Å². The molecule has 0 aliphatic carbocycles. The minimum atomic E-state index is -0.0407. The van der Waals surface area contributed by atoms with Gasteiger partial charge in [-0.1, -0.05) is 36.0 Å². The van der Waals surface area contributed by atoms with Crippen LogP contribution in [0.5, 0.6) is 5.75 Å². The monoisotopic (exact) mass is 380 g/mol. The molecule has 3 rings (SSSR count). The quantitative estimate of drug-likeness (QED) is 0.759. The van der Waals surface area contributed by atoms with E-state index in [1.54, 1.807) is 18.2 Å². The lowest BCUT2D eigenvalue weighted by atomic mass is 10.1. The fourth-order valence-corrected chi connectivity index (χ4v) is 3.68. The Morgan fingerprint density at radius 1 is 1.24 bits per heavy atom. The Balaban J connectivity index is 1.74. The Hall–Kier alpha value is -1.65. The van der Waals surface area contributed by atoms with E-state index in [1.165, 1.54) is 0 Å². The van der Waals surface area contributed by atoms with Crippen LogP contribution in [0.3, 0.4) is 0 Å². The van der Waals surface area contributed by atoms with E-state index in [4.69, 9.17) is 27.9 Å². The predicted molar refractivity (Wildman–Crippen MR) is 100 cm³/mol. The predicted octanol–water partition coefficient (Wildman–Crippen LogP) is 4.85. The van der Waals surface area contributed by atoms with Gasteiger partial charge >= 0.3 is 0 Å². The highest BCUT2D eigenvalue weighted by Gasteiger charge is 2.28. The fourth-order valence-electron chi connectivity index (χ4n) is 3.35. The molecule has 25 heavy (non-hydrogen) atoms. The number of aryl methyl sites for hydroxylation is 1. The van der Waals surface area contributed by atoms with Crippen LogP contribution in [0, 0.1) is 0 Å². The van der Waals surface area contributed by atoms with E-state index in [1.807, 2.05) is 24.2 Å². The number of aromatic nitrogens is 1. The first-order valence-electron chi connectivity index (χ1n) is 8.55. The molecule has 1 aromatic heterocycles. The molecular weight excluding hydrogens is 359 g/mol. The van der Waals surface area contributed by atoms with Gasteiger partial charge in [-0.05, 0) is 37.1 Å². The van der Waals surface area contributed by atoms with Gasteiger partial charge in [-0.25, -0.2) is 0 Å². The van der Waals surface area contributed by atoms with Gasteiger partial charge in [0.2, 0.25) is 0 Å². The highest BCUT2D eigenvalue weighted by atomic mass is 35.5. The Morgan fingerprint density at radius 3 is 2.84 bits per heavy atom. The van der Waals surface area contributed by atoms with Gasteiger partial charge in [0, 0.05) is 36.6 Å². The van der Waals surface area contributed by atoms with Crippen molar-refractivity contribution in [1.82, 2.24) is 9.47 Å². The van der Waals surface area contributed by atoms with Gasteiger partial charge in [-0.3, -0.25) is 4.79 Å². The summed E-state index contributed by atoms with van der Waals surface area (Å²) < 4.78 is 7.74. The average Bonchev–Trinajstić information content (AvgIpc) is 2.87. The van der Waals surface area contributed by atoms with Gasteiger partial charge in [0.05, 0.1) is 11.1 Å². The second kappa shape index (κ2) is 8.15. The van der Waals surface area contributed by atoms with Crippen LogP contribution >= 0.6 is 23.2 Å². The molecule has 6 heteroatoms. The maximum Gasteiger partial charge on any atom is 0.261 e. The first-order chi connectivity index (χ1) is 12.1. The molecule has 0 N–H and O–H groups in total. The van der Waals surface area contributed by atoms with Crippen molar-refractivity contribution in [2.75, 3.05) is 13.2 Å². The summed E-state index contributed by atoms with van der Waals surface area (Å²) in [6.45, 7) is 0.711. The second-order valence-electron chi connectivity index (χ2n) is 6.36. The normalized spacial score (nSPS) is 18.0. The fraction of sp³-hybridized carbons (Fsp3) is 0.421. The summed E-state index contributed by atoms with van der Waals surface area (Å²) in [7, 11) is 2.02. The number of halogens is 2. The molecule has 1 aliphatic heterocycles.